The van der Waals surface area contributed by atoms with Crippen LogP contribution in [0, 0.1) is 0 Å². The molecule has 1 aliphatic rings. The summed E-state index contributed by atoms with van der Waals surface area (Å²) in [4.78, 5) is 39.3. The monoisotopic (exact) mass is 344 g/mol. The highest BCUT2D eigenvalue weighted by Gasteiger charge is 2.25. The van der Waals surface area contributed by atoms with Gasteiger partial charge in [-0.05, 0) is 6.42 Å². The number of rotatable bonds is 4. The minimum atomic E-state index is -0.718. The summed E-state index contributed by atoms with van der Waals surface area (Å²) >= 11 is 1.46. The third kappa shape index (κ3) is 3.96. The van der Waals surface area contributed by atoms with Gasteiger partial charge in [0.15, 0.2) is 0 Å². The van der Waals surface area contributed by atoms with Gasteiger partial charge in [-0.3, -0.25) is 14.9 Å². The van der Waals surface area contributed by atoms with E-state index in [0.717, 1.165) is 16.3 Å². The second-order valence-electron chi connectivity index (χ2n) is 5.32. The zero-order valence-corrected chi connectivity index (χ0v) is 13.6. The molecule has 0 saturated carbocycles. The van der Waals surface area contributed by atoms with E-state index < -0.39 is 12.1 Å². The number of nitrogens with zero attached hydrogens (tertiary/aromatic N) is 1. The van der Waals surface area contributed by atoms with E-state index in [1.807, 2.05) is 35.7 Å². The van der Waals surface area contributed by atoms with Gasteiger partial charge in [0.25, 0.3) is 0 Å². The molecule has 4 amide bonds. The first-order valence-electron chi connectivity index (χ1n) is 7.50. The quantitative estimate of drug-likeness (QED) is 0.781. The molecule has 8 heteroatoms. The molecule has 7 nitrogen and oxygen atoms in total. The molecule has 0 aliphatic carbocycles. The van der Waals surface area contributed by atoms with E-state index in [0.29, 0.717) is 0 Å². The fraction of sp³-hybridized carbons (Fsp3) is 0.250. The smallest absolute Gasteiger partial charge is 0.322 e. The number of aromatic nitrogens is 1. The number of carbonyl (C=O) groups is 3. The molecule has 1 fully saturated rings. The minimum absolute atomic E-state index is 0.131. The van der Waals surface area contributed by atoms with Crippen LogP contribution >= 0.6 is 11.3 Å². The second-order valence-corrected chi connectivity index (χ2v) is 6.27. The minimum Gasteiger partial charge on any atom is -0.348 e. The summed E-state index contributed by atoms with van der Waals surface area (Å²) in [6, 6.07) is 8.42. The van der Waals surface area contributed by atoms with Gasteiger partial charge in [0.1, 0.15) is 11.0 Å². The molecule has 3 N–H and O–H groups in total. The molecule has 2 heterocycles. The van der Waals surface area contributed by atoms with Crippen molar-refractivity contribution in [2.24, 2.45) is 0 Å². The molecule has 1 saturated heterocycles. The van der Waals surface area contributed by atoms with Crippen LogP contribution in [0.25, 0.3) is 11.3 Å². The standard InChI is InChI=1S/C16H16N4O3S/c21-13-7-6-11(19-16(23)20-13)15(22)17-8-14-18-12(9-24-14)10-4-2-1-3-5-10/h1-5,9,11H,6-8H2,(H,17,22)(H2,19,20,21,23)/t11-/m1/s1. The lowest BCUT2D eigenvalue weighted by molar-refractivity contribution is -0.123. The zero-order valence-electron chi connectivity index (χ0n) is 12.7. The summed E-state index contributed by atoms with van der Waals surface area (Å²) in [7, 11) is 0. The van der Waals surface area contributed by atoms with Crippen LogP contribution < -0.4 is 16.0 Å². The molecule has 0 bridgehead atoms. The number of benzene rings is 1. The lowest BCUT2D eigenvalue weighted by Crippen LogP contribution is -2.48. The molecule has 3 rings (SSSR count). The van der Waals surface area contributed by atoms with Gasteiger partial charge in [-0.2, -0.15) is 0 Å². The van der Waals surface area contributed by atoms with E-state index in [1.165, 1.54) is 11.3 Å². The molecule has 1 atom stereocenters. The summed E-state index contributed by atoms with van der Waals surface area (Å²) in [5.41, 5.74) is 1.88. The van der Waals surface area contributed by atoms with E-state index >= 15 is 0 Å². The Labute approximate surface area is 142 Å². The Bertz CT molecular complexity index is 760. The van der Waals surface area contributed by atoms with Gasteiger partial charge in [0, 0.05) is 17.4 Å². The second kappa shape index (κ2) is 7.22. The normalized spacial score (nSPS) is 17.6. The SMILES string of the molecule is O=C1CC[C@H](C(=O)NCc2nc(-c3ccccc3)cs2)NC(=O)N1. The van der Waals surface area contributed by atoms with Gasteiger partial charge >= 0.3 is 6.03 Å². The fourth-order valence-electron chi connectivity index (χ4n) is 2.35. The molecular formula is C16H16N4O3S. The summed E-state index contributed by atoms with van der Waals surface area (Å²) in [6.07, 6.45) is 0.406. The summed E-state index contributed by atoms with van der Waals surface area (Å²) < 4.78 is 0. The van der Waals surface area contributed by atoms with Gasteiger partial charge in [-0.25, -0.2) is 9.78 Å². The molecule has 1 aromatic heterocycles. The van der Waals surface area contributed by atoms with Crippen LogP contribution in [0.4, 0.5) is 4.79 Å². The van der Waals surface area contributed by atoms with Crippen molar-refractivity contribution in [3.63, 3.8) is 0 Å². The Balaban J connectivity index is 1.57. The van der Waals surface area contributed by atoms with E-state index in [-0.39, 0.29) is 31.2 Å². The summed E-state index contributed by atoms with van der Waals surface area (Å²) in [6.45, 7) is 0.282. The number of thiazole rings is 1. The summed E-state index contributed by atoms with van der Waals surface area (Å²) in [5.74, 6) is -0.702. The van der Waals surface area contributed by atoms with Crippen LogP contribution in [0.1, 0.15) is 17.8 Å². The van der Waals surface area contributed by atoms with Crippen molar-refractivity contribution in [2.75, 3.05) is 0 Å². The Kier molecular flexibility index (Phi) is 4.85. The first kappa shape index (κ1) is 16.1. The topological polar surface area (TPSA) is 100 Å². The number of amides is 4. The van der Waals surface area contributed by atoms with Crippen LogP contribution in [0.5, 0.6) is 0 Å². The first-order valence-corrected chi connectivity index (χ1v) is 8.37. The van der Waals surface area contributed by atoms with Crippen LogP contribution in [-0.4, -0.2) is 28.9 Å². The summed E-state index contributed by atoms with van der Waals surface area (Å²) in [5, 5.41) is 10.1. The van der Waals surface area contributed by atoms with Crippen molar-refractivity contribution < 1.29 is 14.4 Å². The average molecular weight is 344 g/mol. The van der Waals surface area contributed by atoms with Gasteiger partial charge in [-0.15, -0.1) is 11.3 Å². The number of imide groups is 1. The van der Waals surface area contributed by atoms with Crippen LogP contribution in [0.2, 0.25) is 0 Å². The largest absolute Gasteiger partial charge is 0.348 e. The van der Waals surface area contributed by atoms with E-state index in [2.05, 4.69) is 20.9 Å². The van der Waals surface area contributed by atoms with Crippen LogP contribution in [0.15, 0.2) is 35.7 Å². The van der Waals surface area contributed by atoms with Crippen LogP contribution in [-0.2, 0) is 16.1 Å². The van der Waals surface area contributed by atoms with E-state index in [1.54, 1.807) is 0 Å². The molecule has 2 aromatic rings. The van der Waals surface area contributed by atoms with Gasteiger partial charge < -0.3 is 10.6 Å². The average Bonchev–Trinajstić information content (AvgIpc) is 2.99. The Morgan fingerprint density at radius 1 is 1.29 bits per heavy atom. The number of carbonyl (C=O) groups excluding carboxylic acids is 3. The van der Waals surface area contributed by atoms with Crippen LogP contribution in [0.3, 0.4) is 0 Å². The number of hydrogen-bond donors (Lipinski definition) is 3. The third-order valence-corrected chi connectivity index (χ3v) is 4.42. The molecule has 0 spiro atoms. The highest BCUT2D eigenvalue weighted by atomic mass is 32.1. The van der Waals surface area contributed by atoms with Crippen molar-refractivity contribution >= 4 is 29.2 Å². The molecule has 1 aliphatic heterocycles. The predicted molar refractivity (Wildman–Crippen MR) is 89.1 cm³/mol. The molecule has 24 heavy (non-hydrogen) atoms. The van der Waals surface area contributed by atoms with Gasteiger partial charge in [0.2, 0.25) is 11.8 Å². The lowest BCUT2D eigenvalue weighted by atomic mass is 10.1. The highest BCUT2D eigenvalue weighted by molar-refractivity contribution is 7.09. The molecule has 124 valence electrons. The number of nitrogens with one attached hydrogen (secondary N) is 3. The Morgan fingerprint density at radius 2 is 2.08 bits per heavy atom. The lowest BCUT2D eigenvalue weighted by Gasteiger charge is -2.14. The number of urea groups is 1. The predicted octanol–water partition coefficient (Wildman–Crippen LogP) is 1.41. The highest BCUT2D eigenvalue weighted by Crippen LogP contribution is 2.21. The zero-order chi connectivity index (χ0) is 16.9. The molecular weight excluding hydrogens is 328 g/mol. The van der Waals surface area contributed by atoms with Crippen molar-refractivity contribution in [3.05, 3.63) is 40.7 Å². The van der Waals surface area contributed by atoms with Crippen molar-refractivity contribution in [1.29, 1.82) is 0 Å². The molecule has 1 aromatic carbocycles. The van der Waals surface area contributed by atoms with E-state index in [9.17, 15) is 14.4 Å². The van der Waals surface area contributed by atoms with Crippen molar-refractivity contribution in [1.82, 2.24) is 20.9 Å². The van der Waals surface area contributed by atoms with Crippen molar-refractivity contribution in [2.45, 2.75) is 25.4 Å². The third-order valence-electron chi connectivity index (χ3n) is 3.57. The number of hydrogen-bond acceptors (Lipinski definition) is 5. The molecule has 0 radical (unpaired) electrons. The van der Waals surface area contributed by atoms with Crippen molar-refractivity contribution in [3.8, 4) is 11.3 Å². The maximum Gasteiger partial charge on any atom is 0.322 e. The fourth-order valence-corrected chi connectivity index (χ4v) is 3.09. The maximum atomic E-state index is 12.2. The Hall–Kier alpha value is -2.74. The van der Waals surface area contributed by atoms with E-state index in [4.69, 9.17) is 0 Å². The molecule has 0 unspecified atom stereocenters. The first-order chi connectivity index (χ1) is 11.6. The maximum absolute atomic E-state index is 12.2. The van der Waals surface area contributed by atoms with Gasteiger partial charge in [0.05, 0.1) is 12.2 Å². The Morgan fingerprint density at radius 3 is 2.88 bits per heavy atom. The van der Waals surface area contributed by atoms with Gasteiger partial charge in [-0.1, -0.05) is 30.3 Å².